The van der Waals surface area contributed by atoms with Crippen LogP contribution < -0.4 is 15.0 Å². The molecule has 0 aliphatic carbocycles. The molecule has 1 aliphatic rings. The van der Waals surface area contributed by atoms with Gasteiger partial charge in [0.15, 0.2) is 0 Å². The largest absolute Gasteiger partial charge is 0.489 e. The fourth-order valence-corrected chi connectivity index (χ4v) is 3.39. The second kappa shape index (κ2) is 9.89. The predicted molar refractivity (Wildman–Crippen MR) is 126 cm³/mol. The molecule has 1 saturated heterocycles. The zero-order chi connectivity index (χ0) is 25.8. The van der Waals surface area contributed by atoms with E-state index >= 15 is 0 Å². The number of rotatable bonds is 7. The summed E-state index contributed by atoms with van der Waals surface area (Å²) in [5, 5.41) is 21.9. The maximum absolute atomic E-state index is 13.0. The monoisotopic (exact) mass is 487 g/mol. The van der Waals surface area contributed by atoms with Gasteiger partial charge in [0.05, 0.1) is 16.2 Å². The van der Waals surface area contributed by atoms with Crippen LogP contribution in [0.4, 0.5) is 16.2 Å². The molecule has 4 rings (SSSR count). The van der Waals surface area contributed by atoms with Crippen LogP contribution in [-0.2, 0) is 16.2 Å². The number of carboxylic acid groups (broad SMARTS) is 1. The minimum atomic E-state index is -1.03. The Kier molecular flexibility index (Phi) is 6.55. The van der Waals surface area contributed by atoms with Gasteiger partial charge < -0.3 is 9.84 Å². The van der Waals surface area contributed by atoms with Crippen molar-refractivity contribution in [3.8, 4) is 5.75 Å². The Morgan fingerprint density at radius 1 is 1.03 bits per heavy atom. The molecule has 0 unspecified atom stereocenters. The molecule has 0 bridgehead atoms. The van der Waals surface area contributed by atoms with Gasteiger partial charge in [0.2, 0.25) is 0 Å². The smallest absolute Gasteiger partial charge is 0.335 e. The molecule has 0 spiro atoms. The highest BCUT2D eigenvalue weighted by atomic mass is 16.6. The van der Waals surface area contributed by atoms with E-state index in [0.717, 1.165) is 22.6 Å². The Morgan fingerprint density at radius 2 is 1.72 bits per heavy atom. The Morgan fingerprint density at radius 3 is 2.36 bits per heavy atom. The molecule has 2 N–H and O–H groups in total. The van der Waals surface area contributed by atoms with E-state index in [4.69, 9.17) is 9.84 Å². The van der Waals surface area contributed by atoms with Crippen molar-refractivity contribution in [1.29, 1.82) is 0 Å². The lowest BCUT2D eigenvalue weighted by molar-refractivity contribution is -0.384. The minimum Gasteiger partial charge on any atom is -0.489 e. The summed E-state index contributed by atoms with van der Waals surface area (Å²) in [6, 6.07) is 16.5. The third-order valence-electron chi connectivity index (χ3n) is 5.20. The van der Waals surface area contributed by atoms with Crippen molar-refractivity contribution < 1.29 is 33.9 Å². The average Bonchev–Trinajstić information content (AvgIpc) is 2.86. The van der Waals surface area contributed by atoms with E-state index in [1.807, 2.05) is 0 Å². The quantitative estimate of drug-likeness (QED) is 0.222. The number of amides is 4. The number of hydrogen-bond donors (Lipinski definition) is 2. The van der Waals surface area contributed by atoms with Gasteiger partial charge in [-0.05, 0) is 53.6 Å². The highest BCUT2D eigenvalue weighted by molar-refractivity contribution is 6.39. The number of barbiturate groups is 1. The number of nitrogens with zero attached hydrogens (tertiary/aromatic N) is 2. The number of urea groups is 1. The van der Waals surface area contributed by atoms with Gasteiger partial charge in [0, 0.05) is 12.1 Å². The molecule has 1 fully saturated rings. The molecule has 4 amide bonds. The molecule has 0 radical (unpaired) electrons. The lowest BCUT2D eigenvalue weighted by Gasteiger charge is -2.26. The summed E-state index contributed by atoms with van der Waals surface area (Å²) < 4.78 is 5.73. The summed E-state index contributed by atoms with van der Waals surface area (Å²) in [7, 11) is 0. The average molecular weight is 487 g/mol. The molecule has 36 heavy (non-hydrogen) atoms. The minimum absolute atomic E-state index is 0.0625. The molecule has 0 atom stereocenters. The normalized spacial score (nSPS) is 14.5. The van der Waals surface area contributed by atoms with Crippen LogP contribution in [-0.4, -0.2) is 33.8 Å². The zero-order valence-corrected chi connectivity index (χ0v) is 18.4. The number of aromatic carboxylic acids is 1. The van der Waals surface area contributed by atoms with E-state index in [1.54, 1.807) is 36.4 Å². The second-order valence-corrected chi connectivity index (χ2v) is 7.59. The van der Waals surface area contributed by atoms with Crippen molar-refractivity contribution in [1.82, 2.24) is 5.32 Å². The maximum Gasteiger partial charge on any atom is 0.335 e. The van der Waals surface area contributed by atoms with Gasteiger partial charge in [-0.3, -0.25) is 25.0 Å². The Balaban J connectivity index is 1.53. The number of carboxylic acids is 1. The van der Waals surface area contributed by atoms with Gasteiger partial charge in [-0.25, -0.2) is 14.5 Å². The van der Waals surface area contributed by atoms with Gasteiger partial charge in [-0.2, -0.15) is 0 Å². The molecule has 11 heteroatoms. The van der Waals surface area contributed by atoms with Crippen LogP contribution in [0.5, 0.6) is 5.75 Å². The SMILES string of the molecule is O=C1NC(=O)N(c2ccc([N+](=O)[O-])cc2)C(=O)/C1=C\c1cccc(OCc2ccc(C(=O)O)cc2)c1. The Labute approximate surface area is 203 Å². The Bertz CT molecular complexity index is 1410. The third kappa shape index (κ3) is 5.09. The van der Waals surface area contributed by atoms with Crippen molar-refractivity contribution in [3.05, 3.63) is 105 Å². The van der Waals surface area contributed by atoms with Gasteiger partial charge in [0.1, 0.15) is 17.9 Å². The van der Waals surface area contributed by atoms with E-state index in [0.29, 0.717) is 11.3 Å². The molecule has 11 nitrogen and oxygen atoms in total. The number of benzene rings is 3. The van der Waals surface area contributed by atoms with Crippen molar-refractivity contribution in [2.75, 3.05) is 4.90 Å². The summed E-state index contributed by atoms with van der Waals surface area (Å²) in [6.07, 6.45) is 1.30. The van der Waals surface area contributed by atoms with E-state index in [-0.39, 0.29) is 29.1 Å². The highest BCUT2D eigenvalue weighted by Crippen LogP contribution is 2.25. The number of nitro benzene ring substituents is 1. The van der Waals surface area contributed by atoms with Crippen LogP contribution in [0.3, 0.4) is 0 Å². The van der Waals surface area contributed by atoms with E-state index in [9.17, 15) is 29.3 Å². The number of nitrogens with one attached hydrogen (secondary N) is 1. The number of non-ortho nitro benzene ring substituents is 1. The highest BCUT2D eigenvalue weighted by Gasteiger charge is 2.37. The zero-order valence-electron chi connectivity index (χ0n) is 18.4. The molecule has 1 heterocycles. The Hall–Kier alpha value is -5.32. The molecule has 3 aromatic rings. The van der Waals surface area contributed by atoms with Crippen LogP contribution in [0.25, 0.3) is 6.08 Å². The first-order valence-electron chi connectivity index (χ1n) is 10.4. The summed E-state index contributed by atoms with van der Waals surface area (Å²) in [6.45, 7) is 0.155. The van der Waals surface area contributed by atoms with Gasteiger partial charge in [-0.15, -0.1) is 0 Å². The van der Waals surface area contributed by atoms with Gasteiger partial charge >= 0.3 is 12.0 Å². The lowest BCUT2D eigenvalue weighted by atomic mass is 10.1. The molecule has 1 aliphatic heterocycles. The van der Waals surface area contributed by atoms with Crippen LogP contribution in [0.15, 0.2) is 78.4 Å². The van der Waals surface area contributed by atoms with Gasteiger partial charge in [0.25, 0.3) is 17.5 Å². The molecule has 180 valence electrons. The summed E-state index contributed by atoms with van der Waals surface area (Å²) in [4.78, 5) is 59.7. The van der Waals surface area contributed by atoms with E-state index in [1.165, 1.54) is 30.3 Å². The summed E-state index contributed by atoms with van der Waals surface area (Å²) in [5.74, 6) is -2.37. The van der Waals surface area contributed by atoms with Gasteiger partial charge in [-0.1, -0.05) is 24.3 Å². The molecular formula is C25H17N3O8. The molecule has 0 saturated carbocycles. The van der Waals surface area contributed by atoms with Crippen molar-refractivity contribution in [2.45, 2.75) is 6.61 Å². The van der Waals surface area contributed by atoms with E-state index < -0.39 is 28.7 Å². The van der Waals surface area contributed by atoms with Crippen molar-refractivity contribution in [3.63, 3.8) is 0 Å². The number of imide groups is 2. The standard InChI is InChI=1S/C25H17N3O8/c29-22-21(23(30)27(25(33)26-22)18-8-10-19(11-9-18)28(34)35)13-16-2-1-3-20(12-16)36-14-15-4-6-17(7-5-15)24(31)32/h1-13H,14H2,(H,31,32)(H,26,29,33)/b21-13-. The number of anilines is 1. The van der Waals surface area contributed by atoms with Crippen LogP contribution in [0, 0.1) is 10.1 Å². The number of carbonyl (C=O) groups excluding carboxylic acids is 3. The summed E-state index contributed by atoms with van der Waals surface area (Å²) in [5.41, 5.74) is 0.879. The first-order chi connectivity index (χ1) is 17.2. The number of nitro groups is 1. The molecule has 0 aromatic heterocycles. The van der Waals surface area contributed by atoms with Crippen molar-refractivity contribution >= 4 is 41.3 Å². The molecule has 3 aromatic carbocycles. The first kappa shape index (κ1) is 23.8. The second-order valence-electron chi connectivity index (χ2n) is 7.59. The number of carbonyl (C=O) groups is 4. The maximum atomic E-state index is 13.0. The first-order valence-corrected chi connectivity index (χ1v) is 10.4. The van der Waals surface area contributed by atoms with Crippen molar-refractivity contribution in [2.24, 2.45) is 0 Å². The summed E-state index contributed by atoms with van der Waals surface area (Å²) >= 11 is 0. The van der Waals surface area contributed by atoms with Crippen LogP contribution in [0.1, 0.15) is 21.5 Å². The number of ether oxygens (including phenoxy) is 1. The fourth-order valence-electron chi connectivity index (χ4n) is 3.39. The van der Waals surface area contributed by atoms with Crippen LogP contribution >= 0.6 is 0 Å². The van der Waals surface area contributed by atoms with Crippen LogP contribution in [0.2, 0.25) is 0 Å². The topological polar surface area (TPSA) is 156 Å². The molecular weight excluding hydrogens is 470 g/mol. The third-order valence-corrected chi connectivity index (χ3v) is 5.20. The van der Waals surface area contributed by atoms with E-state index in [2.05, 4.69) is 5.32 Å². The lowest BCUT2D eigenvalue weighted by Crippen LogP contribution is -2.54. The fraction of sp³-hybridized carbons (Fsp3) is 0.0400. The predicted octanol–water partition coefficient (Wildman–Crippen LogP) is 3.54. The number of hydrogen-bond acceptors (Lipinski definition) is 7.